The molecule has 16 heavy (non-hydrogen) atoms. The van der Waals surface area contributed by atoms with Crippen molar-refractivity contribution in [2.24, 2.45) is 0 Å². The summed E-state index contributed by atoms with van der Waals surface area (Å²) in [7, 11) is 0. The Hall–Kier alpha value is -2.29. The molecule has 0 radical (unpaired) electrons. The molecule has 1 heterocycles. The van der Waals surface area contributed by atoms with Crippen molar-refractivity contribution in [3.63, 3.8) is 0 Å². The lowest BCUT2D eigenvalue weighted by Gasteiger charge is -2.00. The maximum Gasteiger partial charge on any atom is 0.185 e. The van der Waals surface area contributed by atoms with E-state index in [9.17, 15) is 4.79 Å². The highest BCUT2D eigenvalue weighted by Gasteiger charge is 2.03. The number of hydrogen-bond donors (Lipinski definition) is 0. The summed E-state index contributed by atoms with van der Waals surface area (Å²) >= 11 is 0. The minimum atomic E-state index is -0.0828. The third-order valence-electron chi connectivity index (χ3n) is 2.18. The van der Waals surface area contributed by atoms with E-state index in [1.165, 1.54) is 6.08 Å². The van der Waals surface area contributed by atoms with Gasteiger partial charge in [-0.1, -0.05) is 30.8 Å². The van der Waals surface area contributed by atoms with Crippen molar-refractivity contribution in [2.75, 3.05) is 0 Å². The fourth-order valence-electron chi connectivity index (χ4n) is 1.35. The van der Waals surface area contributed by atoms with E-state index in [1.54, 1.807) is 30.6 Å². The minimum absolute atomic E-state index is 0.0828. The van der Waals surface area contributed by atoms with Gasteiger partial charge >= 0.3 is 0 Å². The Kier molecular flexibility index (Phi) is 2.87. The molecule has 3 nitrogen and oxygen atoms in total. The molecule has 0 N–H and O–H groups in total. The van der Waals surface area contributed by atoms with E-state index < -0.39 is 0 Å². The van der Waals surface area contributed by atoms with Crippen LogP contribution >= 0.6 is 0 Å². The fourth-order valence-corrected chi connectivity index (χ4v) is 1.35. The Balaban J connectivity index is 2.33. The van der Waals surface area contributed by atoms with Crippen molar-refractivity contribution in [3.05, 3.63) is 60.9 Å². The normalized spacial score (nSPS) is 9.75. The highest BCUT2D eigenvalue weighted by atomic mass is 16.1. The number of carbonyl (C=O) groups excluding carboxylic acids is 1. The van der Waals surface area contributed by atoms with Crippen LogP contribution in [0.4, 0.5) is 0 Å². The van der Waals surface area contributed by atoms with Crippen LogP contribution in [0.25, 0.3) is 11.4 Å². The standard InChI is InChI=1S/C13H10N2O/c1-2-12(16)10-4-6-11(7-5-10)13-14-8-3-9-15-13/h2-9H,1H2. The van der Waals surface area contributed by atoms with Gasteiger partial charge in [0.15, 0.2) is 11.6 Å². The fraction of sp³-hybridized carbons (Fsp3) is 0. The van der Waals surface area contributed by atoms with Crippen molar-refractivity contribution in [1.82, 2.24) is 9.97 Å². The summed E-state index contributed by atoms with van der Waals surface area (Å²) in [5.74, 6) is 0.570. The summed E-state index contributed by atoms with van der Waals surface area (Å²) in [5.41, 5.74) is 1.51. The van der Waals surface area contributed by atoms with Gasteiger partial charge < -0.3 is 0 Å². The topological polar surface area (TPSA) is 42.9 Å². The lowest BCUT2D eigenvalue weighted by atomic mass is 10.1. The average molecular weight is 210 g/mol. The van der Waals surface area contributed by atoms with Crippen LogP contribution in [0.15, 0.2) is 55.4 Å². The number of carbonyl (C=O) groups is 1. The van der Waals surface area contributed by atoms with Crippen molar-refractivity contribution in [3.8, 4) is 11.4 Å². The second-order valence-electron chi connectivity index (χ2n) is 3.22. The molecular weight excluding hydrogens is 200 g/mol. The molecule has 0 aliphatic heterocycles. The third-order valence-corrected chi connectivity index (χ3v) is 2.18. The van der Waals surface area contributed by atoms with Crippen molar-refractivity contribution in [1.29, 1.82) is 0 Å². The quantitative estimate of drug-likeness (QED) is 0.577. The molecule has 0 saturated heterocycles. The second kappa shape index (κ2) is 4.49. The summed E-state index contributed by atoms with van der Waals surface area (Å²) in [6, 6.07) is 8.91. The lowest BCUT2D eigenvalue weighted by Crippen LogP contribution is -1.93. The number of ketones is 1. The molecule has 0 saturated carbocycles. The number of nitrogens with zero attached hydrogens (tertiary/aromatic N) is 2. The molecule has 78 valence electrons. The Labute approximate surface area is 93.5 Å². The molecule has 3 heteroatoms. The van der Waals surface area contributed by atoms with Gasteiger partial charge in [-0.15, -0.1) is 0 Å². The minimum Gasteiger partial charge on any atom is -0.289 e. The summed E-state index contributed by atoms with van der Waals surface area (Å²) < 4.78 is 0. The predicted molar refractivity (Wildman–Crippen MR) is 62.0 cm³/mol. The molecule has 0 atom stereocenters. The van der Waals surface area contributed by atoms with E-state index in [4.69, 9.17) is 0 Å². The summed E-state index contributed by atoms with van der Waals surface area (Å²) in [5, 5.41) is 0. The lowest BCUT2D eigenvalue weighted by molar-refractivity contribution is 0.104. The summed E-state index contributed by atoms with van der Waals surface area (Å²) in [6.45, 7) is 3.44. The maximum atomic E-state index is 11.3. The Morgan fingerprint density at radius 2 is 1.75 bits per heavy atom. The molecular formula is C13H10N2O. The summed E-state index contributed by atoms with van der Waals surface area (Å²) in [6.07, 6.45) is 4.67. The number of rotatable bonds is 3. The average Bonchev–Trinajstić information content (AvgIpc) is 2.39. The molecule has 0 amide bonds. The van der Waals surface area contributed by atoms with Gasteiger partial charge in [0.25, 0.3) is 0 Å². The monoisotopic (exact) mass is 210 g/mol. The number of benzene rings is 1. The van der Waals surface area contributed by atoms with Gasteiger partial charge in [-0.3, -0.25) is 4.79 Å². The largest absolute Gasteiger partial charge is 0.289 e. The first-order chi connectivity index (χ1) is 7.81. The van der Waals surface area contributed by atoms with Gasteiger partial charge in [0, 0.05) is 23.5 Å². The van der Waals surface area contributed by atoms with Crippen LogP contribution in [0.3, 0.4) is 0 Å². The van der Waals surface area contributed by atoms with Crippen LogP contribution in [0, 0.1) is 0 Å². The summed E-state index contributed by atoms with van der Waals surface area (Å²) in [4.78, 5) is 19.6. The smallest absolute Gasteiger partial charge is 0.185 e. The molecule has 0 spiro atoms. The van der Waals surface area contributed by atoms with E-state index in [2.05, 4.69) is 16.5 Å². The Morgan fingerprint density at radius 1 is 1.12 bits per heavy atom. The molecule has 2 rings (SSSR count). The zero-order chi connectivity index (χ0) is 11.4. The molecule has 0 unspecified atom stereocenters. The SMILES string of the molecule is C=CC(=O)c1ccc(-c2ncccn2)cc1. The van der Waals surface area contributed by atoms with Crippen LogP contribution in [-0.4, -0.2) is 15.8 Å². The van der Waals surface area contributed by atoms with Crippen LogP contribution < -0.4 is 0 Å². The van der Waals surface area contributed by atoms with Gasteiger partial charge in [0.1, 0.15) is 0 Å². The van der Waals surface area contributed by atoms with Crippen molar-refractivity contribution < 1.29 is 4.79 Å². The van der Waals surface area contributed by atoms with Gasteiger partial charge in [-0.25, -0.2) is 9.97 Å². The van der Waals surface area contributed by atoms with Crippen LogP contribution in [0.5, 0.6) is 0 Å². The van der Waals surface area contributed by atoms with Crippen molar-refractivity contribution >= 4 is 5.78 Å². The zero-order valence-electron chi connectivity index (χ0n) is 8.63. The third kappa shape index (κ3) is 2.03. The molecule has 0 bridgehead atoms. The Bertz CT molecular complexity index is 503. The highest BCUT2D eigenvalue weighted by Crippen LogP contribution is 2.14. The van der Waals surface area contributed by atoms with E-state index in [0.717, 1.165) is 5.56 Å². The van der Waals surface area contributed by atoms with E-state index in [1.807, 2.05) is 12.1 Å². The van der Waals surface area contributed by atoms with Gasteiger partial charge in [-0.05, 0) is 12.1 Å². The van der Waals surface area contributed by atoms with Crippen molar-refractivity contribution in [2.45, 2.75) is 0 Å². The molecule has 1 aromatic carbocycles. The van der Waals surface area contributed by atoms with Gasteiger partial charge in [0.05, 0.1) is 0 Å². The number of aromatic nitrogens is 2. The van der Waals surface area contributed by atoms with E-state index in [-0.39, 0.29) is 5.78 Å². The highest BCUT2D eigenvalue weighted by molar-refractivity contribution is 6.04. The van der Waals surface area contributed by atoms with E-state index in [0.29, 0.717) is 11.4 Å². The molecule has 1 aromatic heterocycles. The van der Waals surface area contributed by atoms with Crippen LogP contribution in [-0.2, 0) is 0 Å². The van der Waals surface area contributed by atoms with E-state index >= 15 is 0 Å². The molecule has 0 aliphatic carbocycles. The van der Waals surface area contributed by atoms with Gasteiger partial charge in [-0.2, -0.15) is 0 Å². The first kappa shape index (κ1) is 10.2. The Morgan fingerprint density at radius 3 is 2.31 bits per heavy atom. The molecule has 0 aliphatic rings. The van der Waals surface area contributed by atoms with Crippen LogP contribution in [0.2, 0.25) is 0 Å². The molecule has 0 fully saturated rings. The molecule has 2 aromatic rings. The van der Waals surface area contributed by atoms with Crippen LogP contribution in [0.1, 0.15) is 10.4 Å². The van der Waals surface area contributed by atoms with Gasteiger partial charge in [0.2, 0.25) is 0 Å². The second-order valence-corrected chi connectivity index (χ2v) is 3.22. The zero-order valence-corrected chi connectivity index (χ0v) is 8.63. The maximum absolute atomic E-state index is 11.3. The first-order valence-corrected chi connectivity index (χ1v) is 4.85. The predicted octanol–water partition coefficient (Wildman–Crippen LogP) is 2.51. The number of allylic oxidation sites excluding steroid dienone is 1. The number of hydrogen-bond acceptors (Lipinski definition) is 3. The first-order valence-electron chi connectivity index (χ1n) is 4.85.